The van der Waals surface area contributed by atoms with Crippen molar-refractivity contribution in [3.63, 3.8) is 0 Å². The molecule has 1 amide bonds. The van der Waals surface area contributed by atoms with Crippen LogP contribution in [0.25, 0.3) is 11.0 Å². The fraction of sp³-hybridized carbons (Fsp3) is 0.263. The zero-order valence-corrected chi connectivity index (χ0v) is 13.5. The summed E-state index contributed by atoms with van der Waals surface area (Å²) in [6, 6.07) is 15.7. The molecule has 122 valence electrons. The lowest BCUT2D eigenvalue weighted by atomic mass is 9.92. The van der Waals surface area contributed by atoms with E-state index >= 15 is 0 Å². The number of imidazole rings is 1. The zero-order chi connectivity index (χ0) is 16.5. The number of para-hydroxylation sites is 3. The van der Waals surface area contributed by atoms with E-state index in [2.05, 4.69) is 10.3 Å². The average Bonchev–Trinajstić information content (AvgIpc) is 2.95. The summed E-state index contributed by atoms with van der Waals surface area (Å²) in [6.45, 7) is 0.991. The molecule has 1 aromatic heterocycles. The monoisotopic (exact) mass is 321 g/mol. The number of benzene rings is 2. The Labute approximate surface area is 140 Å². The first kappa shape index (κ1) is 14.8. The van der Waals surface area contributed by atoms with Crippen LogP contribution >= 0.6 is 0 Å². The third kappa shape index (κ3) is 2.52. The first-order valence-corrected chi connectivity index (χ1v) is 8.14. The number of amides is 1. The normalized spacial score (nSPS) is 16.5. The third-order valence-electron chi connectivity index (χ3n) is 4.58. The van der Waals surface area contributed by atoms with Gasteiger partial charge in [0.2, 0.25) is 5.91 Å². The van der Waals surface area contributed by atoms with E-state index in [4.69, 9.17) is 4.74 Å². The molecule has 5 nitrogen and oxygen atoms in total. The van der Waals surface area contributed by atoms with Crippen molar-refractivity contribution in [2.24, 2.45) is 7.05 Å². The number of nitrogens with one attached hydrogen (secondary N) is 1. The average molecular weight is 321 g/mol. The Hall–Kier alpha value is -2.82. The van der Waals surface area contributed by atoms with Gasteiger partial charge in [-0.25, -0.2) is 4.98 Å². The molecule has 0 spiro atoms. The Kier molecular flexibility index (Phi) is 3.69. The van der Waals surface area contributed by atoms with Gasteiger partial charge in [-0.3, -0.25) is 4.79 Å². The summed E-state index contributed by atoms with van der Waals surface area (Å²) >= 11 is 0. The highest BCUT2D eigenvalue weighted by atomic mass is 16.5. The lowest BCUT2D eigenvalue weighted by Crippen LogP contribution is -2.32. The van der Waals surface area contributed by atoms with Gasteiger partial charge < -0.3 is 14.6 Å². The highest BCUT2D eigenvalue weighted by molar-refractivity contribution is 5.84. The van der Waals surface area contributed by atoms with Crippen LogP contribution < -0.4 is 10.1 Å². The van der Waals surface area contributed by atoms with Gasteiger partial charge in [0.1, 0.15) is 11.6 Å². The van der Waals surface area contributed by atoms with Crippen LogP contribution in [0.5, 0.6) is 5.75 Å². The number of carbonyl (C=O) groups excluding carboxylic acids is 1. The minimum atomic E-state index is -0.162. The Morgan fingerprint density at radius 2 is 2.04 bits per heavy atom. The molecular formula is C19H19N3O2. The number of ether oxygens (including phenoxy) is 1. The van der Waals surface area contributed by atoms with Crippen LogP contribution in [0.4, 0.5) is 0 Å². The minimum Gasteiger partial charge on any atom is -0.493 e. The van der Waals surface area contributed by atoms with Crippen LogP contribution in [-0.4, -0.2) is 22.1 Å². The van der Waals surface area contributed by atoms with E-state index in [0.29, 0.717) is 19.6 Å². The maximum Gasteiger partial charge on any atom is 0.228 e. The fourth-order valence-corrected chi connectivity index (χ4v) is 3.26. The Morgan fingerprint density at radius 3 is 2.92 bits per heavy atom. The van der Waals surface area contributed by atoms with Gasteiger partial charge in [0, 0.05) is 12.6 Å². The van der Waals surface area contributed by atoms with E-state index in [1.807, 2.05) is 60.1 Å². The number of carbonyl (C=O) groups is 1. The summed E-state index contributed by atoms with van der Waals surface area (Å²) in [5.74, 6) is 1.53. The summed E-state index contributed by atoms with van der Waals surface area (Å²) < 4.78 is 7.65. The van der Waals surface area contributed by atoms with Crippen molar-refractivity contribution < 1.29 is 9.53 Å². The summed E-state index contributed by atoms with van der Waals surface area (Å²) in [7, 11) is 1.97. The van der Waals surface area contributed by atoms with Crippen molar-refractivity contribution in [1.82, 2.24) is 14.9 Å². The molecule has 1 atom stereocenters. The van der Waals surface area contributed by atoms with Crippen LogP contribution in [0.3, 0.4) is 0 Å². The zero-order valence-electron chi connectivity index (χ0n) is 13.5. The van der Waals surface area contributed by atoms with Crippen LogP contribution in [0, 0.1) is 0 Å². The van der Waals surface area contributed by atoms with Crippen molar-refractivity contribution in [1.29, 1.82) is 0 Å². The van der Waals surface area contributed by atoms with Crippen molar-refractivity contribution >= 4 is 16.9 Å². The molecule has 0 aliphatic carbocycles. The highest BCUT2D eigenvalue weighted by Gasteiger charge is 2.27. The molecule has 1 N–H and O–H groups in total. The summed E-state index contributed by atoms with van der Waals surface area (Å²) in [5.41, 5.74) is 2.98. The molecule has 0 fully saturated rings. The molecule has 0 saturated heterocycles. The number of fused-ring (bicyclic) bond motifs is 2. The molecule has 3 aromatic rings. The Balaban J connectivity index is 1.52. The van der Waals surface area contributed by atoms with E-state index in [0.717, 1.165) is 28.2 Å². The first-order valence-electron chi connectivity index (χ1n) is 8.14. The fourth-order valence-electron chi connectivity index (χ4n) is 3.26. The second-order valence-corrected chi connectivity index (χ2v) is 6.02. The van der Waals surface area contributed by atoms with Crippen molar-refractivity contribution in [3.8, 4) is 5.75 Å². The van der Waals surface area contributed by atoms with E-state index in [-0.39, 0.29) is 11.8 Å². The van der Waals surface area contributed by atoms with E-state index in [1.165, 1.54) is 0 Å². The quantitative estimate of drug-likeness (QED) is 0.807. The summed E-state index contributed by atoms with van der Waals surface area (Å²) in [4.78, 5) is 17.3. The maximum absolute atomic E-state index is 12.7. The predicted molar refractivity (Wildman–Crippen MR) is 91.9 cm³/mol. The lowest BCUT2D eigenvalue weighted by Gasteiger charge is -2.25. The first-order chi connectivity index (χ1) is 11.7. The Morgan fingerprint density at radius 1 is 1.25 bits per heavy atom. The number of hydrogen-bond donors (Lipinski definition) is 1. The number of nitrogens with zero attached hydrogens (tertiary/aromatic N) is 2. The summed E-state index contributed by atoms with van der Waals surface area (Å²) in [5, 5.41) is 3.03. The smallest absolute Gasteiger partial charge is 0.228 e. The van der Waals surface area contributed by atoms with Gasteiger partial charge in [-0.2, -0.15) is 0 Å². The van der Waals surface area contributed by atoms with Gasteiger partial charge in [-0.1, -0.05) is 30.3 Å². The molecule has 0 saturated carbocycles. The lowest BCUT2D eigenvalue weighted by molar-refractivity contribution is -0.123. The van der Waals surface area contributed by atoms with Crippen molar-refractivity contribution in [3.05, 3.63) is 59.9 Å². The number of aryl methyl sites for hydroxylation is 1. The molecule has 1 unspecified atom stereocenters. The largest absolute Gasteiger partial charge is 0.493 e. The number of aromatic nitrogens is 2. The predicted octanol–water partition coefficient (Wildman–Crippen LogP) is 2.76. The van der Waals surface area contributed by atoms with Gasteiger partial charge in [0.15, 0.2) is 0 Å². The number of rotatable bonds is 3. The van der Waals surface area contributed by atoms with Gasteiger partial charge in [0.05, 0.1) is 30.1 Å². The molecule has 4 rings (SSSR count). The Bertz CT molecular complexity index is 901. The van der Waals surface area contributed by atoms with E-state index in [9.17, 15) is 4.79 Å². The van der Waals surface area contributed by atoms with Gasteiger partial charge in [0.25, 0.3) is 0 Å². The highest BCUT2D eigenvalue weighted by Crippen LogP contribution is 2.33. The van der Waals surface area contributed by atoms with Crippen LogP contribution in [-0.2, 0) is 18.4 Å². The van der Waals surface area contributed by atoms with Crippen LogP contribution in [0.1, 0.15) is 23.7 Å². The minimum absolute atomic E-state index is 0.0257. The standard InChI is InChI=1S/C19H19N3O2/c1-22-16-8-4-3-7-15(16)21-18(22)12-20-19(23)14-10-11-24-17-9-5-2-6-13(14)17/h2-9,14H,10-12H2,1H3,(H,20,23). The summed E-state index contributed by atoms with van der Waals surface area (Å²) in [6.07, 6.45) is 0.700. The second-order valence-electron chi connectivity index (χ2n) is 6.02. The third-order valence-corrected chi connectivity index (χ3v) is 4.58. The number of hydrogen-bond acceptors (Lipinski definition) is 3. The van der Waals surface area contributed by atoms with Gasteiger partial charge >= 0.3 is 0 Å². The SMILES string of the molecule is Cn1c(CNC(=O)C2CCOc3ccccc32)nc2ccccc21. The molecule has 5 heteroatoms. The molecule has 2 heterocycles. The maximum atomic E-state index is 12.7. The molecule has 1 aliphatic heterocycles. The van der Waals surface area contributed by atoms with Gasteiger partial charge in [-0.15, -0.1) is 0 Å². The molecule has 1 aliphatic rings. The van der Waals surface area contributed by atoms with E-state index in [1.54, 1.807) is 0 Å². The van der Waals surface area contributed by atoms with E-state index < -0.39 is 0 Å². The molecule has 0 radical (unpaired) electrons. The molecule has 0 bridgehead atoms. The molecule has 24 heavy (non-hydrogen) atoms. The van der Waals surface area contributed by atoms with Crippen molar-refractivity contribution in [2.75, 3.05) is 6.61 Å². The molecular weight excluding hydrogens is 302 g/mol. The molecule has 2 aromatic carbocycles. The van der Waals surface area contributed by atoms with Gasteiger partial charge in [-0.05, 0) is 24.6 Å². The van der Waals surface area contributed by atoms with Crippen LogP contribution in [0.15, 0.2) is 48.5 Å². The second kappa shape index (κ2) is 6.00. The topological polar surface area (TPSA) is 56.2 Å². The van der Waals surface area contributed by atoms with Crippen molar-refractivity contribution in [2.45, 2.75) is 18.9 Å². The van der Waals surface area contributed by atoms with Crippen LogP contribution in [0.2, 0.25) is 0 Å².